The number of amides is 1. The second-order valence-corrected chi connectivity index (χ2v) is 10.0. The maximum absolute atomic E-state index is 13.7. The van der Waals surface area contributed by atoms with Crippen LogP contribution in [0.25, 0.3) is 22.2 Å². The van der Waals surface area contributed by atoms with Gasteiger partial charge < -0.3 is 10.1 Å². The van der Waals surface area contributed by atoms with Crippen LogP contribution in [-0.4, -0.2) is 21.8 Å². The van der Waals surface area contributed by atoms with Gasteiger partial charge in [0, 0.05) is 33.1 Å². The van der Waals surface area contributed by atoms with Gasteiger partial charge in [-0.2, -0.15) is 0 Å². The summed E-state index contributed by atoms with van der Waals surface area (Å²) in [6.07, 6.45) is -1.34. The Labute approximate surface area is 241 Å². The number of esters is 1. The van der Waals surface area contributed by atoms with E-state index >= 15 is 0 Å². The molecule has 0 aliphatic heterocycles. The molecule has 0 aliphatic rings. The number of fused-ring (bicyclic) bond motifs is 1. The normalized spacial score (nSPS) is 11.6. The number of nitrogens with zero attached hydrogens (tertiary/aromatic N) is 2. The van der Waals surface area contributed by atoms with Gasteiger partial charge in [-0.3, -0.25) is 14.9 Å². The molecule has 0 fully saturated rings. The second-order valence-electron chi connectivity index (χ2n) is 8.69. The number of anilines is 1. The van der Waals surface area contributed by atoms with Gasteiger partial charge in [0.2, 0.25) is 6.10 Å². The van der Waals surface area contributed by atoms with E-state index in [1.54, 1.807) is 54.6 Å². The molecule has 1 heterocycles. The fourth-order valence-electron chi connectivity index (χ4n) is 4.10. The summed E-state index contributed by atoms with van der Waals surface area (Å²) in [5.41, 5.74) is 2.54. The number of hydrogen-bond acceptors (Lipinski definition) is 6. The third-order valence-electron chi connectivity index (χ3n) is 6.06. The molecule has 0 saturated carbocycles. The van der Waals surface area contributed by atoms with Crippen LogP contribution in [0.3, 0.4) is 0 Å². The lowest BCUT2D eigenvalue weighted by Gasteiger charge is -2.19. The highest BCUT2D eigenvalue weighted by atomic mass is 79.9. The highest BCUT2D eigenvalue weighted by Crippen LogP contribution is 2.31. The van der Waals surface area contributed by atoms with Crippen LogP contribution in [0.2, 0.25) is 5.02 Å². The summed E-state index contributed by atoms with van der Waals surface area (Å²) in [6.45, 7) is 0. The molecule has 40 heavy (non-hydrogen) atoms. The summed E-state index contributed by atoms with van der Waals surface area (Å²) in [5, 5.41) is 14.2. The van der Waals surface area contributed by atoms with Crippen molar-refractivity contribution in [3.8, 4) is 11.3 Å². The van der Waals surface area contributed by atoms with E-state index in [2.05, 4.69) is 21.2 Å². The predicted octanol–water partition coefficient (Wildman–Crippen LogP) is 7.76. The standard InChI is InChI=1S/C30H19BrClN3O5/c31-20-12-10-18(11-13-20)27-17-23(22-8-4-5-9-25(22)33-27)30(37)40-28(19-6-2-1-3-7-19)29(36)34-26-15-14-21(35(38)39)16-24(26)32/h1-17,28H,(H,34,36). The Kier molecular flexibility index (Phi) is 7.86. The SMILES string of the molecule is O=C(OC(C(=O)Nc1ccc([N+](=O)[O-])cc1Cl)c1ccccc1)c1cc(-c2ccc(Br)cc2)nc2ccccc12. The van der Waals surface area contributed by atoms with Gasteiger partial charge >= 0.3 is 5.97 Å². The molecule has 10 heteroatoms. The van der Waals surface area contributed by atoms with Crippen molar-refractivity contribution in [3.63, 3.8) is 0 Å². The van der Waals surface area contributed by atoms with E-state index in [4.69, 9.17) is 21.3 Å². The first kappa shape index (κ1) is 27.0. The van der Waals surface area contributed by atoms with E-state index in [-0.39, 0.29) is 22.0 Å². The minimum absolute atomic E-state index is 0.0278. The number of ether oxygens (including phenoxy) is 1. The smallest absolute Gasteiger partial charge is 0.340 e. The first-order valence-corrected chi connectivity index (χ1v) is 13.1. The fraction of sp³-hybridized carbons (Fsp3) is 0.0333. The number of aromatic nitrogens is 1. The van der Waals surface area contributed by atoms with Crippen molar-refractivity contribution in [2.45, 2.75) is 6.10 Å². The second kappa shape index (κ2) is 11.6. The van der Waals surface area contributed by atoms with E-state index in [1.807, 2.05) is 30.3 Å². The molecule has 5 rings (SSSR count). The van der Waals surface area contributed by atoms with Gasteiger partial charge in [0.05, 0.1) is 32.4 Å². The number of nitro benzene ring substituents is 1. The molecule has 8 nitrogen and oxygen atoms in total. The van der Waals surface area contributed by atoms with Crippen molar-refractivity contribution in [2.75, 3.05) is 5.32 Å². The Morgan fingerprint density at radius 3 is 2.33 bits per heavy atom. The number of halogens is 2. The average molecular weight is 617 g/mol. The first-order valence-electron chi connectivity index (χ1n) is 12.0. The molecule has 1 aromatic heterocycles. The number of carbonyl (C=O) groups excluding carboxylic acids is 2. The van der Waals surface area contributed by atoms with Gasteiger partial charge in [-0.15, -0.1) is 0 Å². The van der Waals surface area contributed by atoms with Gasteiger partial charge in [0.25, 0.3) is 11.6 Å². The van der Waals surface area contributed by atoms with Gasteiger partial charge in [-0.05, 0) is 30.3 Å². The summed E-state index contributed by atoms with van der Waals surface area (Å²) in [7, 11) is 0. The van der Waals surface area contributed by atoms with Crippen molar-refractivity contribution >= 4 is 61.7 Å². The molecule has 1 amide bonds. The minimum atomic E-state index is -1.34. The van der Waals surface area contributed by atoms with Crippen molar-refractivity contribution in [1.82, 2.24) is 4.98 Å². The number of hydrogen-bond donors (Lipinski definition) is 1. The molecular formula is C30H19BrClN3O5. The van der Waals surface area contributed by atoms with Gasteiger partial charge in [0.1, 0.15) is 0 Å². The Balaban J connectivity index is 1.51. The summed E-state index contributed by atoms with van der Waals surface area (Å²) in [6, 6.07) is 28.5. The third kappa shape index (κ3) is 5.85. The van der Waals surface area contributed by atoms with Crippen LogP contribution in [0, 0.1) is 10.1 Å². The molecular weight excluding hydrogens is 598 g/mol. The zero-order valence-electron chi connectivity index (χ0n) is 20.6. The van der Waals surface area contributed by atoms with Crippen molar-refractivity contribution < 1.29 is 19.2 Å². The molecule has 1 unspecified atom stereocenters. The maximum atomic E-state index is 13.7. The first-order chi connectivity index (χ1) is 19.3. The lowest BCUT2D eigenvalue weighted by Crippen LogP contribution is -2.26. The summed E-state index contributed by atoms with van der Waals surface area (Å²) in [5.74, 6) is -1.41. The van der Waals surface area contributed by atoms with Crippen LogP contribution in [0.4, 0.5) is 11.4 Å². The Morgan fingerprint density at radius 2 is 1.62 bits per heavy atom. The average Bonchev–Trinajstić information content (AvgIpc) is 2.97. The molecule has 5 aromatic rings. The fourth-order valence-corrected chi connectivity index (χ4v) is 4.59. The van der Waals surface area contributed by atoms with Crippen LogP contribution in [0.15, 0.2) is 108 Å². The molecule has 1 N–H and O–H groups in total. The lowest BCUT2D eigenvalue weighted by atomic mass is 10.0. The van der Waals surface area contributed by atoms with Crippen LogP contribution in [0.1, 0.15) is 22.0 Å². The van der Waals surface area contributed by atoms with E-state index < -0.39 is 22.9 Å². The molecule has 0 aliphatic carbocycles. The number of non-ortho nitro benzene ring substituents is 1. The Hall–Kier alpha value is -4.60. The molecule has 198 valence electrons. The van der Waals surface area contributed by atoms with Gasteiger partial charge in [0.15, 0.2) is 0 Å². The largest absolute Gasteiger partial charge is 0.444 e. The van der Waals surface area contributed by atoms with Crippen molar-refractivity contribution in [1.29, 1.82) is 0 Å². The monoisotopic (exact) mass is 615 g/mol. The summed E-state index contributed by atoms with van der Waals surface area (Å²) >= 11 is 9.61. The zero-order chi connectivity index (χ0) is 28.2. The van der Waals surface area contributed by atoms with E-state index in [1.165, 1.54) is 12.1 Å². The molecule has 0 radical (unpaired) electrons. The van der Waals surface area contributed by atoms with Crippen LogP contribution in [-0.2, 0) is 9.53 Å². The lowest BCUT2D eigenvalue weighted by molar-refractivity contribution is -0.384. The molecule has 0 spiro atoms. The molecule has 4 aromatic carbocycles. The highest BCUT2D eigenvalue weighted by molar-refractivity contribution is 9.10. The molecule has 1 atom stereocenters. The predicted molar refractivity (Wildman–Crippen MR) is 156 cm³/mol. The highest BCUT2D eigenvalue weighted by Gasteiger charge is 2.28. The molecule has 0 saturated heterocycles. The van der Waals surface area contributed by atoms with E-state index in [0.29, 0.717) is 22.2 Å². The number of carbonyl (C=O) groups is 2. The summed E-state index contributed by atoms with van der Waals surface area (Å²) < 4.78 is 6.74. The topological polar surface area (TPSA) is 111 Å². The number of pyridine rings is 1. The molecule has 0 bridgehead atoms. The Bertz CT molecular complexity index is 1750. The van der Waals surface area contributed by atoms with Crippen molar-refractivity contribution in [3.05, 3.63) is 134 Å². The van der Waals surface area contributed by atoms with Crippen molar-refractivity contribution in [2.24, 2.45) is 0 Å². The number of para-hydroxylation sites is 1. The number of rotatable bonds is 7. The van der Waals surface area contributed by atoms with Crippen LogP contribution in [0.5, 0.6) is 0 Å². The third-order valence-corrected chi connectivity index (χ3v) is 6.90. The van der Waals surface area contributed by atoms with Crippen LogP contribution >= 0.6 is 27.5 Å². The minimum Gasteiger partial charge on any atom is -0.444 e. The van der Waals surface area contributed by atoms with Gasteiger partial charge in [-0.25, -0.2) is 9.78 Å². The summed E-state index contributed by atoms with van der Waals surface area (Å²) in [4.78, 5) is 42.3. The quantitative estimate of drug-likeness (QED) is 0.114. The number of benzene rings is 4. The zero-order valence-corrected chi connectivity index (χ0v) is 22.9. The van der Waals surface area contributed by atoms with Crippen LogP contribution < -0.4 is 5.32 Å². The van der Waals surface area contributed by atoms with E-state index in [9.17, 15) is 19.7 Å². The van der Waals surface area contributed by atoms with E-state index in [0.717, 1.165) is 16.1 Å². The Morgan fingerprint density at radius 1 is 0.925 bits per heavy atom. The maximum Gasteiger partial charge on any atom is 0.340 e. The van der Waals surface area contributed by atoms with Gasteiger partial charge in [-0.1, -0.05) is 88.2 Å². The number of nitro groups is 1. The number of nitrogens with one attached hydrogen (secondary N) is 1.